The van der Waals surface area contributed by atoms with Gasteiger partial charge in [0.15, 0.2) is 0 Å². The Kier molecular flexibility index (Phi) is 7.13. The molecule has 162 valence electrons. The second kappa shape index (κ2) is 10.2. The summed E-state index contributed by atoms with van der Waals surface area (Å²) in [6, 6.07) is 19.0. The van der Waals surface area contributed by atoms with Gasteiger partial charge in [0.05, 0.1) is 29.2 Å². The molecule has 9 nitrogen and oxygen atoms in total. The van der Waals surface area contributed by atoms with Crippen molar-refractivity contribution in [3.8, 4) is 17.6 Å². The number of nitro groups is 1. The Labute approximate surface area is 183 Å². The van der Waals surface area contributed by atoms with Crippen LogP contribution in [0.15, 0.2) is 72.8 Å². The van der Waals surface area contributed by atoms with Gasteiger partial charge >= 0.3 is 0 Å². The number of ether oxygens (including phenoxy) is 1. The summed E-state index contributed by atoms with van der Waals surface area (Å²) in [7, 11) is 0. The second-order valence-corrected chi connectivity index (χ2v) is 6.82. The molecule has 0 bridgehead atoms. The van der Waals surface area contributed by atoms with Gasteiger partial charge in [0.2, 0.25) is 0 Å². The van der Waals surface area contributed by atoms with Crippen LogP contribution in [-0.2, 0) is 0 Å². The van der Waals surface area contributed by atoms with Crippen LogP contribution in [0.5, 0.6) is 11.5 Å². The normalized spacial score (nSPS) is 12.3. The maximum atomic E-state index is 12.7. The molecule has 0 aromatic heterocycles. The number of amides is 1. The second-order valence-electron chi connectivity index (χ2n) is 6.82. The highest BCUT2D eigenvalue weighted by molar-refractivity contribution is 5.94. The molecule has 3 N–H and O–H groups in total. The number of benzene rings is 3. The number of nitrogens with zero attached hydrogens (tertiary/aromatic N) is 2. The molecular formula is C23H19N3O6. The van der Waals surface area contributed by atoms with E-state index >= 15 is 0 Å². The fourth-order valence-electron chi connectivity index (χ4n) is 2.94. The number of aliphatic hydroxyl groups is 2. The van der Waals surface area contributed by atoms with Crippen LogP contribution in [-0.4, -0.2) is 33.7 Å². The Morgan fingerprint density at radius 3 is 2.38 bits per heavy atom. The van der Waals surface area contributed by atoms with Crippen LogP contribution in [0.1, 0.15) is 27.6 Å². The van der Waals surface area contributed by atoms with Gasteiger partial charge in [-0.05, 0) is 60.2 Å². The molecule has 1 amide bonds. The summed E-state index contributed by atoms with van der Waals surface area (Å²) in [5.41, 5.74) is 0.912. The fourth-order valence-corrected chi connectivity index (χ4v) is 2.94. The number of rotatable bonds is 8. The van der Waals surface area contributed by atoms with Crippen molar-refractivity contribution in [1.82, 2.24) is 5.32 Å². The Morgan fingerprint density at radius 1 is 1.09 bits per heavy atom. The fraction of sp³-hybridized carbons (Fsp3) is 0.130. The summed E-state index contributed by atoms with van der Waals surface area (Å²) in [5.74, 6) is 0.331. The van der Waals surface area contributed by atoms with Crippen molar-refractivity contribution in [2.75, 3.05) is 6.61 Å². The standard InChI is InChI=1S/C23H19N3O6/c24-13-15-4-10-19(11-5-15)32-20-3-1-2-17(12-20)23(29)25-21(14-27)22(28)16-6-8-18(9-7-16)26(30)31/h1-12,21-22,27-28H,14H2,(H,25,29)/t21-,22-/m0/s1. The van der Waals surface area contributed by atoms with Gasteiger partial charge in [-0.3, -0.25) is 14.9 Å². The van der Waals surface area contributed by atoms with E-state index in [1.54, 1.807) is 42.5 Å². The zero-order chi connectivity index (χ0) is 23.1. The number of hydrogen-bond acceptors (Lipinski definition) is 7. The SMILES string of the molecule is N#Cc1ccc(Oc2cccc(C(=O)N[C@@H](CO)[C@@H](O)c3ccc([N+](=O)[O-])cc3)c2)cc1. The molecule has 2 atom stereocenters. The highest BCUT2D eigenvalue weighted by Gasteiger charge is 2.23. The van der Waals surface area contributed by atoms with Gasteiger partial charge in [-0.15, -0.1) is 0 Å². The molecule has 0 saturated heterocycles. The molecule has 0 fully saturated rings. The highest BCUT2D eigenvalue weighted by atomic mass is 16.6. The number of nitrogens with one attached hydrogen (secondary N) is 1. The minimum atomic E-state index is -1.28. The molecule has 0 heterocycles. The largest absolute Gasteiger partial charge is 0.457 e. The van der Waals surface area contributed by atoms with Gasteiger partial charge in [0.1, 0.15) is 17.6 Å². The quantitative estimate of drug-likeness (QED) is 0.365. The smallest absolute Gasteiger partial charge is 0.269 e. The minimum Gasteiger partial charge on any atom is -0.457 e. The number of nitriles is 1. The molecule has 0 saturated carbocycles. The van der Waals surface area contributed by atoms with Crippen LogP contribution in [0.3, 0.4) is 0 Å². The predicted octanol–water partition coefficient (Wildman–Crippen LogP) is 3.08. The van der Waals surface area contributed by atoms with Crippen LogP contribution in [0.4, 0.5) is 5.69 Å². The first kappa shape index (κ1) is 22.4. The molecular weight excluding hydrogens is 414 g/mol. The summed E-state index contributed by atoms with van der Waals surface area (Å²) >= 11 is 0. The number of hydrogen-bond donors (Lipinski definition) is 3. The lowest BCUT2D eigenvalue weighted by atomic mass is 10.0. The number of carbonyl (C=O) groups is 1. The molecule has 9 heteroatoms. The van der Waals surface area contributed by atoms with E-state index in [9.17, 15) is 25.1 Å². The lowest BCUT2D eigenvalue weighted by molar-refractivity contribution is -0.384. The Bertz CT molecular complexity index is 1140. The van der Waals surface area contributed by atoms with Crippen LogP contribution < -0.4 is 10.1 Å². The van der Waals surface area contributed by atoms with E-state index in [4.69, 9.17) is 10.00 Å². The molecule has 32 heavy (non-hydrogen) atoms. The van der Waals surface area contributed by atoms with Crippen molar-refractivity contribution < 1.29 is 24.7 Å². The Morgan fingerprint density at radius 2 is 1.78 bits per heavy atom. The lowest BCUT2D eigenvalue weighted by Gasteiger charge is -2.22. The van der Waals surface area contributed by atoms with Crippen LogP contribution in [0.25, 0.3) is 0 Å². The van der Waals surface area contributed by atoms with E-state index in [1.165, 1.54) is 30.3 Å². The third kappa shape index (κ3) is 5.46. The minimum absolute atomic E-state index is 0.135. The van der Waals surface area contributed by atoms with Crippen LogP contribution in [0.2, 0.25) is 0 Å². The van der Waals surface area contributed by atoms with Crippen molar-refractivity contribution in [3.63, 3.8) is 0 Å². The number of nitro benzene ring substituents is 1. The number of aliphatic hydroxyl groups excluding tert-OH is 2. The predicted molar refractivity (Wildman–Crippen MR) is 114 cm³/mol. The van der Waals surface area contributed by atoms with Gasteiger partial charge in [-0.1, -0.05) is 6.07 Å². The topological polar surface area (TPSA) is 146 Å². The summed E-state index contributed by atoms with van der Waals surface area (Å²) in [5, 5.41) is 42.3. The summed E-state index contributed by atoms with van der Waals surface area (Å²) in [4.78, 5) is 22.9. The molecule has 3 aromatic rings. The van der Waals surface area contributed by atoms with E-state index in [0.29, 0.717) is 22.6 Å². The van der Waals surface area contributed by atoms with E-state index < -0.39 is 29.6 Å². The molecule has 0 unspecified atom stereocenters. The van der Waals surface area contributed by atoms with Crippen molar-refractivity contribution in [1.29, 1.82) is 5.26 Å². The van der Waals surface area contributed by atoms with E-state index in [0.717, 1.165) is 0 Å². The average molecular weight is 433 g/mol. The van der Waals surface area contributed by atoms with Crippen molar-refractivity contribution in [2.45, 2.75) is 12.1 Å². The van der Waals surface area contributed by atoms with E-state index in [2.05, 4.69) is 5.32 Å². The van der Waals surface area contributed by atoms with Crippen LogP contribution >= 0.6 is 0 Å². The third-order valence-corrected chi connectivity index (χ3v) is 4.66. The summed E-state index contributed by atoms with van der Waals surface area (Å²) in [6.45, 7) is -0.550. The van der Waals surface area contributed by atoms with E-state index in [1.807, 2.05) is 6.07 Å². The number of carbonyl (C=O) groups excluding carboxylic acids is 1. The first-order chi connectivity index (χ1) is 15.4. The van der Waals surface area contributed by atoms with E-state index in [-0.39, 0.29) is 11.3 Å². The Balaban J connectivity index is 1.69. The van der Waals surface area contributed by atoms with Gasteiger partial charge < -0.3 is 20.3 Å². The average Bonchev–Trinajstić information content (AvgIpc) is 2.82. The van der Waals surface area contributed by atoms with Gasteiger partial charge in [0.25, 0.3) is 11.6 Å². The molecule has 3 rings (SSSR count). The van der Waals surface area contributed by atoms with Crippen molar-refractivity contribution in [2.24, 2.45) is 0 Å². The van der Waals surface area contributed by atoms with Gasteiger partial charge in [-0.2, -0.15) is 5.26 Å². The lowest BCUT2D eigenvalue weighted by Crippen LogP contribution is -2.41. The summed E-state index contributed by atoms with van der Waals surface area (Å²) < 4.78 is 5.70. The first-order valence-corrected chi connectivity index (χ1v) is 9.53. The molecule has 0 aliphatic heterocycles. The maximum Gasteiger partial charge on any atom is 0.269 e. The first-order valence-electron chi connectivity index (χ1n) is 9.53. The summed E-state index contributed by atoms with van der Waals surface area (Å²) in [6.07, 6.45) is -1.28. The zero-order valence-electron chi connectivity index (χ0n) is 16.7. The zero-order valence-corrected chi connectivity index (χ0v) is 16.7. The van der Waals surface area contributed by atoms with Gasteiger partial charge in [0, 0.05) is 17.7 Å². The van der Waals surface area contributed by atoms with Crippen LogP contribution in [0, 0.1) is 21.4 Å². The number of non-ortho nitro benzene ring substituents is 1. The maximum absolute atomic E-state index is 12.7. The van der Waals surface area contributed by atoms with Crippen molar-refractivity contribution in [3.05, 3.63) is 99.6 Å². The molecule has 0 spiro atoms. The molecule has 0 aliphatic rings. The molecule has 3 aromatic carbocycles. The monoisotopic (exact) mass is 433 g/mol. The third-order valence-electron chi connectivity index (χ3n) is 4.66. The molecule has 0 aliphatic carbocycles. The van der Waals surface area contributed by atoms with Crippen molar-refractivity contribution >= 4 is 11.6 Å². The van der Waals surface area contributed by atoms with Gasteiger partial charge in [-0.25, -0.2) is 0 Å². The highest BCUT2D eigenvalue weighted by Crippen LogP contribution is 2.24. The molecule has 0 radical (unpaired) electrons. The Hall–Kier alpha value is -4.26.